The van der Waals surface area contributed by atoms with Gasteiger partial charge in [0.25, 0.3) is 0 Å². The molecule has 88 valence electrons. The molecule has 2 rings (SSSR count). The molecule has 0 atom stereocenters. The lowest BCUT2D eigenvalue weighted by Gasteiger charge is -2.06. The van der Waals surface area contributed by atoms with Gasteiger partial charge in [-0.2, -0.15) is 11.3 Å². The van der Waals surface area contributed by atoms with Crippen molar-refractivity contribution in [1.82, 2.24) is 0 Å². The molecule has 1 amide bonds. The van der Waals surface area contributed by atoms with Gasteiger partial charge in [0, 0.05) is 4.47 Å². The summed E-state index contributed by atoms with van der Waals surface area (Å²) < 4.78 is 13.4. The predicted molar refractivity (Wildman–Crippen MR) is 70.8 cm³/mol. The van der Waals surface area contributed by atoms with E-state index >= 15 is 0 Å². The van der Waals surface area contributed by atoms with E-state index in [4.69, 9.17) is 0 Å². The standard InChI is InChI=1S/C12H9BrFNOS/c13-10-6-9(14)1-2-11(10)15-12(16)5-8-3-4-17-7-8/h1-4,6-7H,5H2,(H,15,16). The van der Waals surface area contributed by atoms with E-state index < -0.39 is 0 Å². The highest BCUT2D eigenvalue weighted by atomic mass is 79.9. The molecule has 0 unspecified atom stereocenters. The first-order valence-electron chi connectivity index (χ1n) is 4.91. The summed E-state index contributed by atoms with van der Waals surface area (Å²) in [6.45, 7) is 0. The molecule has 1 N–H and O–H groups in total. The Balaban J connectivity index is 2.03. The Morgan fingerprint density at radius 2 is 2.24 bits per heavy atom. The van der Waals surface area contributed by atoms with Gasteiger partial charge in [0.15, 0.2) is 0 Å². The minimum absolute atomic E-state index is 0.115. The third kappa shape index (κ3) is 3.38. The Hall–Kier alpha value is -1.20. The van der Waals surface area contributed by atoms with Gasteiger partial charge in [-0.3, -0.25) is 4.79 Å². The fraction of sp³-hybridized carbons (Fsp3) is 0.0833. The molecule has 1 aromatic carbocycles. The first kappa shape index (κ1) is 12.3. The van der Waals surface area contributed by atoms with Crippen LogP contribution in [-0.4, -0.2) is 5.91 Å². The zero-order valence-electron chi connectivity index (χ0n) is 8.74. The number of hydrogen-bond acceptors (Lipinski definition) is 2. The first-order valence-corrected chi connectivity index (χ1v) is 6.65. The molecule has 17 heavy (non-hydrogen) atoms. The summed E-state index contributed by atoms with van der Waals surface area (Å²) in [6.07, 6.45) is 0.327. The number of nitrogens with one attached hydrogen (secondary N) is 1. The van der Waals surface area contributed by atoms with E-state index in [1.54, 1.807) is 11.3 Å². The normalized spacial score (nSPS) is 10.2. The summed E-state index contributed by atoms with van der Waals surface area (Å²) in [5, 5.41) is 6.58. The summed E-state index contributed by atoms with van der Waals surface area (Å²) in [5.74, 6) is -0.455. The van der Waals surface area contributed by atoms with E-state index in [0.29, 0.717) is 16.6 Å². The minimum atomic E-state index is -0.340. The van der Waals surface area contributed by atoms with Gasteiger partial charge in [0.1, 0.15) is 5.82 Å². The van der Waals surface area contributed by atoms with Gasteiger partial charge < -0.3 is 5.32 Å². The van der Waals surface area contributed by atoms with Crippen LogP contribution in [0.4, 0.5) is 10.1 Å². The van der Waals surface area contributed by atoms with Gasteiger partial charge in [-0.15, -0.1) is 0 Å². The van der Waals surface area contributed by atoms with Crippen LogP contribution in [0, 0.1) is 5.82 Å². The Labute approximate surface area is 111 Å². The van der Waals surface area contributed by atoms with Crippen LogP contribution < -0.4 is 5.32 Å². The van der Waals surface area contributed by atoms with Crippen LogP contribution in [0.25, 0.3) is 0 Å². The Kier molecular flexibility index (Phi) is 3.91. The molecule has 1 aromatic heterocycles. The topological polar surface area (TPSA) is 29.1 Å². The second-order valence-electron chi connectivity index (χ2n) is 3.48. The van der Waals surface area contributed by atoms with Crippen LogP contribution in [0.3, 0.4) is 0 Å². The Morgan fingerprint density at radius 3 is 2.88 bits per heavy atom. The summed E-state index contributed by atoms with van der Waals surface area (Å²) in [5.41, 5.74) is 1.55. The van der Waals surface area contributed by atoms with E-state index in [9.17, 15) is 9.18 Å². The second kappa shape index (κ2) is 5.42. The smallest absolute Gasteiger partial charge is 0.228 e. The van der Waals surface area contributed by atoms with Crippen molar-refractivity contribution in [1.29, 1.82) is 0 Å². The third-order valence-corrected chi connectivity index (χ3v) is 3.54. The Bertz CT molecular complexity index is 527. The third-order valence-electron chi connectivity index (χ3n) is 2.15. The van der Waals surface area contributed by atoms with E-state index in [1.807, 2.05) is 16.8 Å². The number of benzene rings is 1. The van der Waals surface area contributed by atoms with Gasteiger partial charge in [0.05, 0.1) is 12.1 Å². The average Bonchev–Trinajstić information content (AvgIpc) is 2.75. The van der Waals surface area contributed by atoms with Crippen molar-refractivity contribution < 1.29 is 9.18 Å². The fourth-order valence-electron chi connectivity index (χ4n) is 1.36. The highest BCUT2D eigenvalue weighted by Crippen LogP contribution is 2.23. The largest absolute Gasteiger partial charge is 0.325 e. The summed E-state index contributed by atoms with van der Waals surface area (Å²) in [7, 11) is 0. The number of rotatable bonds is 3. The van der Waals surface area contributed by atoms with E-state index in [1.165, 1.54) is 18.2 Å². The van der Waals surface area contributed by atoms with Gasteiger partial charge in [-0.05, 0) is 56.5 Å². The summed E-state index contributed by atoms with van der Waals surface area (Å²) in [4.78, 5) is 11.7. The molecule has 0 aliphatic carbocycles. The quantitative estimate of drug-likeness (QED) is 0.916. The fourth-order valence-corrected chi connectivity index (χ4v) is 2.48. The zero-order chi connectivity index (χ0) is 12.3. The van der Waals surface area contributed by atoms with Gasteiger partial charge in [0.2, 0.25) is 5.91 Å². The van der Waals surface area contributed by atoms with E-state index in [-0.39, 0.29) is 11.7 Å². The molecule has 2 aromatic rings. The van der Waals surface area contributed by atoms with Crippen LogP contribution in [-0.2, 0) is 11.2 Å². The summed E-state index contributed by atoms with van der Waals surface area (Å²) in [6, 6.07) is 6.07. The van der Waals surface area contributed by atoms with Crippen LogP contribution in [0.15, 0.2) is 39.5 Å². The molecule has 0 saturated heterocycles. The van der Waals surface area contributed by atoms with Crippen LogP contribution in [0.5, 0.6) is 0 Å². The van der Waals surface area contributed by atoms with Gasteiger partial charge in [-0.1, -0.05) is 0 Å². The number of thiophene rings is 1. The molecule has 0 aliphatic rings. The van der Waals surface area contributed by atoms with E-state index in [0.717, 1.165) is 5.56 Å². The molecule has 0 fully saturated rings. The lowest BCUT2D eigenvalue weighted by Crippen LogP contribution is -2.14. The molecule has 0 spiro atoms. The lowest BCUT2D eigenvalue weighted by atomic mass is 10.2. The van der Waals surface area contributed by atoms with Crippen molar-refractivity contribution in [3.8, 4) is 0 Å². The highest BCUT2D eigenvalue weighted by Gasteiger charge is 2.07. The van der Waals surface area contributed by atoms with Crippen LogP contribution in [0.1, 0.15) is 5.56 Å². The second-order valence-corrected chi connectivity index (χ2v) is 5.12. The number of anilines is 1. The molecule has 5 heteroatoms. The highest BCUT2D eigenvalue weighted by molar-refractivity contribution is 9.10. The maximum Gasteiger partial charge on any atom is 0.228 e. The predicted octanol–water partition coefficient (Wildman–Crippen LogP) is 3.83. The van der Waals surface area contributed by atoms with Gasteiger partial charge in [-0.25, -0.2) is 4.39 Å². The molecule has 0 saturated carbocycles. The van der Waals surface area contributed by atoms with Crippen molar-refractivity contribution in [3.63, 3.8) is 0 Å². The van der Waals surface area contributed by atoms with Crippen molar-refractivity contribution in [2.45, 2.75) is 6.42 Å². The van der Waals surface area contributed by atoms with Crippen molar-refractivity contribution in [3.05, 3.63) is 50.9 Å². The molecule has 1 heterocycles. The molecule has 0 radical (unpaired) electrons. The maximum absolute atomic E-state index is 12.8. The van der Waals surface area contributed by atoms with Crippen molar-refractivity contribution >= 4 is 38.9 Å². The van der Waals surface area contributed by atoms with Crippen LogP contribution >= 0.6 is 27.3 Å². The van der Waals surface area contributed by atoms with Crippen LogP contribution in [0.2, 0.25) is 0 Å². The molecule has 2 nitrogen and oxygen atoms in total. The number of halogens is 2. The maximum atomic E-state index is 12.8. The molecular formula is C12H9BrFNOS. The van der Waals surface area contributed by atoms with Crippen molar-refractivity contribution in [2.24, 2.45) is 0 Å². The SMILES string of the molecule is O=C(Cc1ccsc1)Nc1ccc(F)cc1Br. The number of carbonyl (C=O) groups is 1. The number of amides is 1. The minimum Gasteiger partial charge on any atom is -0.325 e. The Morgan fingerprint density at radius 1 is 1.41 bits per heavy atom. The number of hydrogen-bond donors (Lipinski definition) is 1. The van der Waals surface area contributed by atoms with Crippen molar-refractivity contribution in [2.75, 3.05) is 5.32 Å². The monoisotopic (exact) mass is 313 g/mol. The zero-order valence-corrected chi connectivity index (χ0v) is 11.1. The average molecular weight is 314 g/mol. The van der Waals surface area contributed by atoms with E-state index in [2.05, 4.69) is 21.2 Å². The first-order chi connectivity index (χ1) is 8.15. The number of carbonyl (C=O) groups excluding carboxylic acids is 1. The lowest BCUT2D eigenvalue weighted by molar-refractivity contribution is -0.115. The molecular weight excluding hydrogens is 305 g/mol. The molecule has 0 bridgehead atoms. The van der Waals surface area contributed by atoms with Gasteiger partial charge >= 0.3 is 0 Å². The molecule has 0 aliphatic heterocycles. The summed E-state index contributed by atoms with van der Waals surface area (Å²) >= 11 is 4.76.